The van der Waals surface area contributed by atoms with Crippen LogP contribution in [0, 0.1) is 0 Å². The van der Waals surface area contributed by atoms with E-state index in [-0.39, 0.29) is 6.47 Å². The van der Waals surface area contributed by atoms with Gasteiger partial charge in [-0.05, 0) is 20.8 Å². The van der Waals surface area contributed by atoms with Gasteiger partial charge < -0.3 is 4.74 Å². The molecular formula is C6H12O5S. The first-order valence-corrected chi connectivity index (χ1v) is 4.66. The van der Waals surface area contributed by atoms with Gasteiger partial charge in [0.05, 0.1) is 4.75 Å². The van der Waals surface area contributed by atoms with Crippen LogP contribution in [0.2, 0.25) is 0 Å². The zero-order valence-electron chi connectivity index (χ0n) is 7.23. The van der Waals surface area contributed by atoms with Crippen molar-refractivity contribution in [1.82, 2.24) is 0 Å². The van der Waals surface area contributed by atoms with Crippen molar-refractivity contribution in [2.45, 2.75) is 25.5 Å². The van der Waals surface area contributed by atoms with E-state index in [9.17, 15) is 13.2 Å². The van der Waals surface area contributed by atoms with Crippen molar-refractivity contribution >= 4 is 16.6 Å². The normalized spacial score (nSPS) is 12.6. The minimum Gasteiger partial charge on any atom is -0.439 e. The fourth-order valence-corrected chi connectivity index (χ4v) is 0.831. The van der Waals surface area contributed by atoms with Crippen molar-refractivity contribution < 1.29 is 22.1 Å². The van der Waals surface area contributed by atoms with Crippen molar-refractivity contribution in [3.8, 4) is 0 Å². The Hall–Kier alpha value is -0.620. The van der Waals surface area contributed by atoms with Crippen LogP contribution in [-0.2, 0) is 23.8 Å². The highest BCUT2D eigenvalue weighted by Gasteiger charge is 2.30. The minimum absolute atomic E-state index is 0.123. The van der Waals surface area contributed by atoms with Crippen LogP contribution in [0.25, 0.3) is 0 Å². The maximum Gasteiger partial charge on any atom is 0.295 e. The van der Waals surface area contributed by atoms with E-state index in [2.05, 4.69) is 8.92 Å². The SMILES string of the molecule is CC(C)(C)S(=O)(=O)OCOC=O. The van der Waals surface area contributed by atoms with Crippen LogP contribution in [0.1, 0.15) is 20.8 Å². The van der Waals surface area contributed by atoms with Gasteiger partial charge in [-0.15, -0.1) is 0 Å². The zero-order chi connectivity index (χ0) is 9.83. The van der Waals surface area contributed by atoms with Gasteiger partial charge in [0.15, 0.2) is 0 Å². The maximum atomic E-state index is 11.1. The third kappa shape index (κ3) is 3.19. The average molecular weight is 196 g/mol. The molecule has 0 rings (SSSR count). The van der Waals surface area contributed by atoms with E-state index >= 15 is 0 Å². The summed E-state index contributed by atoms with van der Waals surface area (Å²) in [5.74, 6) is 0. The third-order valence-electron chi connectivity index (χ3n) is 1.09. The van der Waals surface area contributed by atoms with Crippen LogP contribution >= 0.6 is 0 Å². The Morgan fingerprint density at radius 1 is 1.33 bits per heavy atom. The predicted octanol–water partition coefficient (Wildman–Crippen LogP) is 0.262. The average Bonchev–Trinajstić information content (AvgIpc) is 1.85. The predicted molar refractivity (Wildman–Crippen MR) is 41.8 cm³/mol. The lowest BCUT2D eigenvalue weighted by Gasteiger charge is -2.17. The van der Waals surface area contributed by atoms with Crippen LogP contribution in [-0.4, -0.2) is 26.4 Å². The molecular weight excluding hydrogens is 184 g/mol. The lowest BCUT2D eigenvalue weighted by atomic mass is 10.3. The molecule has 5 nitrogen and oxygen atoms in total. The highest BCUT2D eigenvalue weighted by Crippen LogP contribution is 2.16. The summed E-state index contributed by atoms with van der Waals surface area (Å²) in [5.41, 5.74) is 0. The smallest absolute Gasteiger partial charge is 0.295 e. The van der Waals surface area contributed by atoms with E-state index in [0.29, 0.717) is 0 Å². The number of ether oxygens (including phenoxy) is 1. The van der Waals surface area contributed by atoms with Crippen molar-refractivity contribution in [3.05, 3.63) is 0 Å². The van der Waals surface area contributed by atoms with Crippen LogP contribution in [0.4, 0.5) is 0 Å². The van der Waals surface area contributed by atoms with Gasteiger partial charge in [0.25, 0.3) is 16.6 Å². The summed E-state index contributed by atoms with van der Waals surface area (Å²) in [7, 11) is -3.65. The summed E-state index contributed by atoms with van der Waals surface area (Å²) >= 11 is 0. The summed E-state index contributed by atoms with van der Waals surface area (Å²) in [6.45, 7) is 4.02. The summed E-state index contributed by atoms with van der Waals surface area (Å²) in [4.78, 5) is 9.64. The topological polar surface area (TPSA) is 69.7 Å². The molecule has 0 fully saturated rings. The van der Waals surface area contributed by atoms with Crippen LogP contribution in [0.3, 0.4) is 0 Å². The Balaban J connectivity index is 4.16. The lowest BCUT2D eigenvalue weighted by molar-refractivity contribution is -0.134. The monoisotopic (exact) mass is 196 g/mol. The quantitative estimate of drug-likeness (QED) is 0.279. The molecule has 0 N–H and O–H groups in total. The number of carbonyl (C=O) groups excluding carboxylic acids is 1. The zero-order valence-corrected chi connectivity index (χ0v) is 8.05. The highest BCUT2D eigenvalue weighted by molar-refractivity contribution is 7.88. The third-order valence-corrected chi connectivity index (χ3v) is 3.00. The first kappa shape index (κ1) is 11.4. The van der Waals surface area contributed by atoms with Gasteiger partial charge in [-0.25, -0.2) is 4.18 Å². The standard InChI is InChI=1S/C6H12O5S/c1-6(2,3)12(8,9)11-5-10-4-7/h4H,5H2,1-3H3. The Morgan fingerprint density at radius 3 is 2.17 bits per heavy atom. The number of rotatable bonds is 4. The fourth-order valence-electron chi connectivity index (χ4n) is 0.296. The van der Waals surface area contributed by atoms with E-state index < -0.39 is 21.7 Å². The lowest BCUT2D eigenvalue weighted by Crippen LogP contribution is -2.30. The maximum absolute atomic E-state index is 11.1. The molecule has 0 saturated carbocycles. The van der Waals surface area contributed by atoms with Gasteiger partial charge in [-0.3, -0.25) is 4.79 Å². The molecule has 6 heteroatoms. The number of hydrogen-bond acceptors (Lipinski definition) is 5. The molecule has 0 saturated heterocycles. The van der Waals surface area contributed by atoms with Gasteiger partial charge in [0, 0.05) is 0 Å². The van der Waals surface area contributed by atoms with Crippen LogP contribution in [0.15, 0.2) is 0 Å². The van der Waals surface area contributed by atoms with Crippen molar-refractivity contribution in [2.75, 3.05) is 6.79 Å². The molecule has 72 valence electrons. The Labute approximate surface area is 71.8 Å². The van der Waals surface area contributed by atoms with Crippen molar-refractivity contribution in [1.29, 1.82) is 0 Å². The second kappa shape index (κ2) is 3.86. The van der Waals surface area contributed by atoms with Gasteiger partial charge in [-0.1, -0.05) is 0 Å². The first-order chi connectivity index (χ1) is 5.31. The summed E-state index contributed by atoms with van der Waals surface area (Å²) in [6.07, 6.45) is 0. The Kier molecular flexibility index (Phi) is 3.66. The molecule has 0 amide bonds. The molecule has 0 atom stereocenters. The van der Waals surface area contributed by atoms with Crippen molar-refractivity contribution in [2.24, 2.45) is 0 Å². The molecule has 0 aromatic heterocycles. The molecule has 0 heterocycles. The van der Waals surface area contributed by atoms with Gasteiger partial charge in [0.2, 0.25) is 6.79 Å². The summed E-state index contributed by atoms with van der Waals surface area (Å²) in [6, 6.07) is 0. The molecule has 0 aromatic rings. The first-order valence-electron chi connectivity index (χ1n) is 3.25. The van der Waals surface area contributed by atoms with Gasteiger partial charge >= 0.3 is 0 Å². The van der Waals surface area contributed by atoms with E-state index in [4.69, 9.17) is 0 Å². The molecule has 0 aromatic carbocycles. The molecule has 12 heavy (non-hydrogen) atoms. The fraction of sp³-hybridized carbons (Fsp3) is 0.833. The van der Waals surface area contributed by atoms with Crippen molar-refractivity contribution in [3.63, 3.8) is 0 Å². The van der Waals surface area contributed by atoms with E-state index in [0.717, 1.165) is 0 Å². The Morgan fingerprint density at radius 2 is 1.83 bits per heavy atom. The van der Waals surface area contributed by atoms with E-state index in [1.54, 1.807) is 0 Å². The van der Waals surface area contributed by atoms with E-state index in [1.165, 1.54) is 20.8 Å². The summed E-state index contributed by atoms with van der Waals surface area (Å²) < 4.78 is 29.7. The van der Waals surface area contributed by atoms with Crippen LogP contribution < -0.4 is 0 Å². The second-order valence-corrected chi connectivity index (χ2v) is 5.43. The number of hydrogen-bond donors (Lipinski definition) is 0. The Bertz CT molecular complexity index is 235. The van der Waals surface area contributed by atoms with Gasteiger partial charge in [-0.2, -0.15) is 8.42 Å². The molecule has 0 radical (unpaired) electrons. The molecule has 0 spiro atoms. The summed E-state index contributed by atoms with van der Waals surface area (Å²) in [5, 5.41) is 0. The highest BCUT2D eigenvalue weighted by atomic mass is 32.2. The van der Waals surface area contributed by atoms with E-state index in [1.807, 2.05) is 0 Å². The molecule has 0 aliphatic carbocycles. The number of carbonyl (C=O) groups is 1. The van der Waals surface area contributed by atoms with Crippen LogP contribution in [0.5, 0.6) is 0 Å². The minimum atomic E-state index is -3.65. The second-order valence-electron chi connectivity index (χ2n) is 3.07. The molecule has 0 unspecified atom stereocenters. The molecule has 0 bridgehead atoms. The largest absolute Gasteiger partial charge is 0.439 e. The molecule has 0 aliphatic rings. The van der Waals surface area contributed by atoms with Gasteiger partial charge in [0.1, 0.15) is 0 Å². The molecule has 0 aliphatic heterocycles.